The molecule has 1 rings (SSSR count). The lowest BCUT2D eigenvalue weighted by atomic mass is 9.30. The van der Waals surface area contributed by atoms with Crippen LogP contribution < -0.4 is 0 Å². The van der Waals surface area contributed by atoms with Crippen LogP contribution in [0.2, 0.25) is 15.9 Å². The summed E-state index contributed by atoms with van der Waals surface area (Å²) in [5, 5.41) is 1.36. The minimum Gasteiger partial charge on any atom is -0.0671 e. The zero-order chi connectivity index (χ0) is 19.4. The van der Waals surface area contributed by atoms with Gasteiger partial charge in [0.2, 0.25) is 0 Å². The molecule has 0 radical (unpaired) electrons. The molecule has 0 amide bonds. The van der Waals surface area contributed by atoms with Gasteiger partial charge in [-0.2, -0.15) is 0 Å². The van der Waals surface area contributed by atoms with E-state index in [0.29, 0.717) is 21.4 Å². The average molecular weight is 346 g/mol. The maximum atomic E-state index is 2.61. The van der Waals surface area contributed by atoms with Gasteiger partial charge in [0, 0.05) is 0 Å². The van der Waals surface area contributed by atoms with Crippen molar-refractivity contribution >= 4 is 15.1 Å². The van der Waals surface area contributed by atoms with Crippen LogP contribution in [0, 0.1) is 11.3 Å². The molecule has 0 heterocycles. The second kappa shape index (κ2) is 8.88. The second-order valence-corrected chi connectivity index (χ2v) is 12.1. The highest BCUT2D eigenvalue weighted by Gasteiger charge is 2.42. The molecule has 0 unspecified atom stereocenters. The molecule has 25 heavy (non-hydrogen) atoms. The molecule has 1 fully saturated rings. The second-order valence-electron chi connectivity index (χ2n) is 12.1. The van der Waals surface area contributed by atoms with Crippen molar-refractivity contribution in [3.63, 3.8) is 0 Å². The molecule has 1 aliphatic carbocycles. The van der Waals surface area contributed by atoms with Gasteiger partial charge in [-0.05, 0) is 24.2 Å². The SMILES string of the molecule is BC1(C(C)(C)BC(C)(C)C)CCCCCC(C)(C(C)C)CCCCC1. The molecule has 146 valence electrons. The van der Waals surface area contributed by atoms with Gasteiger partial charge >= 0.3 is 0 Å². The standard InChI is InChI=1S/C23H48B2/c1-19(2)22(8)15-11-9-13-17-23(24,18-14-10-12-16-22)21(6,7)25-20(3,4)5/h19,25H,9-18,24H2,1-8H3. The quantitative estimate of drug-likeness (QED) is 0.474. The molecule has 1 saturated carbocycles. The van der Waals surface area contributed by atoms with Gasteiger partial charge < -0.3 is 0 Å². The zero-order valence-corrected chi connectivity index (χ0v) is 19.4. The molecule has 0 bridgehead atoms. The zero-order valence-electron chi connectivity index (χ0n) is 19.4. The van der Waals surface area contributed by atoms with E-state index in [4.69, 9.17) is 0 Å². The third-order valence-electron chi connectivity index (χ3n) is 7.95. The van der Waals surface area contributed by atoms with Gasteiger partial charge in [-0.15, -0.1) is 0 Å². The molecule has 1 aliphatic rings. The van der Waals surface area contributed by atoms with Crippen LogP contribution in [0.25, 0.3) is 0 Å². The maximum absolute atomic E-state index is 2.61. The monoisotopic (exact) mass is 346 g/mol. The van der Waals surface area contributed by atoms with Crippen molar-refractivity contribution in [3.8, 4) is 0 Å². The third-order valence-corrected chi connectivity index (χ3v) is 7.95. The predicted octanol–water partition coefficient (Wildman–Crippen LogP) is 7.21. The lowest BCUT2D eigenvalue weighted by Gasteiger charge is -2.48. The first-order chi connectivity index (χ1) is 11.3. The average Bonchev–Trinajstić information content (AvgIpc) is 2.42. The normalized spacial score (nSPS) is 31.2. The van der Waals surface area contributed by atoms with Crippen molar-refractivity contribution in [2.75, 3.05) is 0 Å². The fraction of sp³-hybridized carbons (Fsp3) is 1.00. The Morgan fingerprint density at radius 1 is 0.760 bits per heavy atom. The van der Waals surface area contributed by atoms with E-state index >= 15 is 0 Å². The van der Waals surface area contributed by atoms with Crippen LogP contribution in [0.1, 0.15) is 120 Å². The fourth-order valence-electron chi connectivity index (χ4n) is 5.48. The molecule has 0 spiro atoms. The first-order valence-electron chi connectivity index (χ1n) is 11.3. The molecule has 0 aliphatic heterocycles. The van der Waals surface area contributed by atoms with Crippen LogP contribution in [-0.2, 0) is 0 Å². The highest BCUT2D eigenvalue weighted by molar-refractivity contribution is 6.46. The van der Waals surface area contributed by atoms with Gasteiger partial charge in [0.25, 0.3) is 0 Å². The van der Waals surface area contributed by atoms with E-state index in [1.807, 2.05) is 0 Å². The van der Waals surface area contributed by atoms with E-state index in [1.165, 1.54) is 71.5 Å². The molecule has 2 heteroatoms. The van der Waals surface area contributed by atoms with E-state index < -0.39 is 0 Å². The summed E-state index contributed by atoms with van der Waals surface area (Å²) in [7, 11) is 3.95. The number of rotatable bonds is 3. The minimum atomic E-state index is 0.426. The van der Waals surface area contributed by atoms with E-state index in [0.717, 1.165) is 5.92 Å². The smallest absolute Gasteiger partial charge is 0.0671 e. The summed E-state index contributed by atoms with van der Waals surface area (Å²) >= 11 is 0. The van der Waals surface area contributed by atoms with Gasteiger partial charge in [0.05, 0.1) is 0 Å². The lowest BCUT2D eigenvalue weighted by molar-refractivity contribution is 0.165. The summed E-state index contributed by atoms with van der Waals surface area (Å²) in [6.07, 6.45) is 14.3. The van der Waals surface area contributed by atoms with Crippen LogP contribution in [0.5, 0.6) is 0 Å². The molecule has 0 aromatic heterocycles. The first-order valence-corrected chi connectivity index (χ1v) is 11.3. The highest BCUT2D eigenvalue weighted by Crippen LogP contribution is 2.58. The van der Waals surface area contributed by atoms with Crippen LogP contribution in [0.3, 0.4) is 0 Å². The Kier molecular flexibility index (Phi) is 8.23. The van der Waals surface area contributed by atoms with Crippen molar-refractivity contribution < 1.29 is 0 Å². The van der Waals surface area contributed by atoms with Gasteiger partial charge in [-0.1, -0.05) is 123 Å². The maximum Gasteiger partial charge on any atom is 0.133 e. The number of hydrogen-bond donors (Lipinski definition) is 0. The van der Waals surface area contributed by atoms with Gasteiger partial charge in [-0.25, -0.2) is 0 Å². The molecule has 0 N–H and O–H groups in total. The summed E-state index contributed by atoms with van der Waals surface area (Å²) in [5.41, 5.74) is 0.577. The van der Waals surface area contributed by atoms with Gasteiger partial charge in [0.15, 0.2) is 0 Å². The van der Waals surface area contributed by atoms with Crippen molar-refractivity contribution in [3.05, 3.63) is 0 Å². The van der Waals surface area contributed by atoms with E-state index in [2.05, 4.69) is 63.2 Å². The van der Waals surface area contributed by atoms with Gasteiger partial charge in [-0.3, -0.25) is 0 Å². The molecule has 0 saturated heterocycles. The topological polar surface area (TPSA) is 0 Å². The van der Waals surface area contributed by atoms with E-state index in [9.17, 15) is 0 Å². The summed E-state index contributed by atoms with van der Waals surface area (Å²) in [5.74, 6) is 0.825. The summed E-state index contributed by atoms with van der Waals surface area (Å²) in [4.78, 5) is 0. The number of hydrogen-bond acceptors (Lipinski definition) is 0. The highest BCUT2D eigenvalue weighted by atomic mass is 14.4. The van der Waals surface area contributed by atoms with E-state index in [-0.39, 0.29) is 0 Å². The van der Waals surface area contributed by atoms with Crippen LogP contribution >= 0.6 is 0 Å². The molecule has 0 aromatic rings. The lowest BCUT2D eigenvalue weighted by Crippen LogP contribution is -2.35. The Morgan fingerprint density at radius 2 is 1.16 bits per heavy atom. The Labute approximate surface area is 162 Å². The first kappa shape index (κ1) is 23.2. The Morgan fingerprint density at radius 3 is 1.52 bits per heavy atom. The molecule has 0 aromatic carbocycles. The van der Waals surface area contributed by atoms with Crippen molar-refractivity contribution in [2.45, 2.75) is 136 Å². The molecular formula is C23H48B2. The molecular weight excluding hydrogens is 298 g/mol. The fourth-order valence-corrected chi connectivity index (χ4v) is 5.48. The largest absolute Gasteiger partial charge is 0.133 e. The van der Waals surface area contributed by atoms with Crippen LogP contribution in [0.15, 0.2) is 0 Å². The summed E-state index contributed by atoms with van der Waals surface area (Å²) in [6, 6.07) is 0. The van der Waals surface area contributed by atoms with E-state index in [1.54, 1.807) is 0 Å². The molecule has 0 nitrogen and oxygen atoms in total. The van der Waals surface area contributed by atoms with Crippen molar-refractivity contribution in [1.82, 2.24) is 0 Å². The summed E-state index contributed by atoms with van der Waals surface area (Å²) < 4.78 is 0. The summed E-state index contributed by atoms with van der Waals surface area (Å²) in [6.45, 7) is 19.8. The Balaban J connectivity index is 2.79. The molecule has 0 atom stereocenters. The van der Waals surface area contributed by atoms with Gasteiger partial charge in [0.1, 0.15) is 15.1 Å². The minimum absolute atomic E-state index is 0.426. The van der Waals surface area contributed by atoms with Crippen molar-refractivity contribution in [1.29, 1.82) is 0 Å². The Hall–Kier alpha value is 0.130. The Bertz CT molecular complexity index is 375. The van der Waals surface area contributed by atoms with Crippen molar-refractivity contribution in [2.24, 2.45) is 11.3 Å². The van der Waals surface area contributed by atoms with Crippen LogP contribution in [-0.4, -0.2) is 15.1 Å². The van der Waals surface area contributed by atoms with Crippen LogP contribution in [0.4, 0.5) is 0 Å². The third kappa shape index (κ3) is 6.99. The predicted molar refractivity (Wildman–Crippen MR) is 121 cm³/mol.